The smallest absolute Gasteiger partial charge is 0.0187 e. The van der Waals surface area contributed by atoms with Crippen LogP contribution in [0.25, 0.3) is 6.08 Å². The van der Waals surface area contributed by atoms with E-state index in [9.17, 15) is 0 Å². The Morgan fingerprint density at radius 3 is 2.50 bits per heavy atom. The van der Waals surface area contributed by atoms with Crippen molar-refractivity contribution in [1.29, 1.82) is 0 Å². The monoisotopic (exact) mass is 162 g/mol. The van der Waals surface area contributed by atoms with Gasteiger partial charge >= 0.3 is 0 Å². The topological polar surface area (TPSA) is 52.0 Å². The molecule has 0 saturated carbocycles. The first-order valence-corrected chi connectivity index (χ1v) is 3.96. The van der Waals surface area contributed by atoms with E-state index in [0.29, 0.717) is 13.1 Å². The molecule has 0 atom stereocenters. The van der Waals surface area contributed by atoms with Crippen molar-refractivity contribution in [2.24, 2.45) is 11.5 Å². The van der Waals surface area contributed by atoms with E-state index in [2.05, 4.69) is 6.58 Å². The molecule has 2 heteroatoms. The molecule has 12 heavy (non-hydrogen) atoms. The van der Waals surface area contributed by atoms with Crippen LogP contribution in [0.4, 0.5) is 0 Å². The largest absolute Gasteiger partial charge is 0.326 e. The second kappa shape index (κ2) is 4.04. The van der Waals surface area contributed by atoms with Crippen LogP contribution in [0.2, 0.25) is 0 Å². The van der Waals surface area contributed by atoms with E-state index < -0.39 is 0 Å². The van der Waals surface area contributed by atoms with Crippen molar-refractivity contribution in [2.75, 3.05) is 0 Å². The lowest BCUT2D eigenvalue weighted by molar-refractivity contribution is 0.976. The summed E-state index contributed by atoms with van der Waals surface area (Å²) in [5, 5.41) is 0. The number of hydrogen-bond acceptors (Lipinski definition) is 2. The van der Waals surface area contributed by atoms with Crippen LogP contribution >= 0.6 is 0 Å². The predicted molar refractivity (Wildman–Crippen MR) is 52.3 cm³/mol. The number of rotatable bonds is 3. The second-order valence-electron chi connectivity index (χ2n) is 2.60. The minimum absolute atomic E-state index is 0.523. The maximum atomic E-state index is 5.60. The Hall–Kier alpha value is -1.12. The van der Waals surface area contributed by atoms with Crippen LogP contribution < -0.4 is 11.5 Å². The van der Waals surface area contributed by atoms with Crippen LogP contribution in [-0.4, -0.2) is 0 Å². The first kappa shape index (κ1) is 8.97. The van der Waals surface area contributed by atoms with Crippen molar-refractivity contribution < 1.29 is 0 Å². The minimum atomic E-state index is 0.523. The van der Waals surface area contributed by atoms with Gasteiger partial charge in [-0.25, -0.2) is 0 Å². The molecule has 0 aliphatic heterocycles. The van der Waals surface area contributed by atoms with Gasteiger partial charge in [-0.1, -0.05) is 30.9 Å². The number of benzene rings is 1. The summed E-state index contributed by atoms with van der Waals surface area (Å²) in [5.41, 5.74) is 14.5. The van der Waals surface area contributed by atoms with Gasteiger partial charge in [-0.05, 0) is 16.7 Å². The summed E-state index contributed by atoms with van der Waals surface area (Å²) in [5.74, 6) is 0. The molecule has 4 N–H and O–H groups in total. The van der Waals surface area contributed by atoms with Gasteiger partial charge in [0.05, 0.1) is 0 Å². The Morgan fingerprint density at radius 1 is 1.25 bits per heavy atom. The Morgan fingerprint density at radius 2 is 2.00 bits per heavy atom. The van der Waals surface area contributed by atoms with Gasteiger partial charge in [-0.15, -0.1) is 0 Å². The van der Waals surface area contributed by atoms with E-state index in [0.717, 1.165) is 16.7 Å². The van der Waals surface area contributed by atoms with Crippen LogP contribution in [0, 0.1) is 0 Å². The zero-order chi connectivity index (χ0) is 8.97. The van der Waals surface area contributed by atoms with Crippen LogP contribution in [-0.2, 0) is 13.1 Å². The van der Waals surface area contributed by atoms with Crippen LogP contribution in [0.15, 0.2) is 24.8 Å². The Bertz CT molecular complexity index is 279. The summed E-state index contributed by atoms with van der Waals surface area (Å²) < 4.78 is 0. The molecular weight excluding hydrogens is 148 g/mol. The highest BCUT2D eigenvalue weighted by molar-refractivity contribution is 5.54. The van der Waals surface area contributed by atoms with Crippen LogP contribution in [0.3, 0.4) is 0 Å². The standard InChI is InChI=1S/C10H14N2/c1-2-8-4-3-5-9(6-11)10(8)7-12/h2-5H,1,6-7,11-12H2. The average Bonchev–Trinajstić information content (AvgIpc) is 2.16. The van der Waals surface area contributed by atoms with Crippen molar-refractivity contribution in [3.63, 3.8) is 0 Å². The van der Waals surface area contributed by atoms with Gasteiger partial charge in [0.1, 0.15) is 0 Å². The zero-order valence-corrected chi connectivity index (χ0v) is 7.09. The minimum Gasteiger partial charge on any atom is -0.326 e. The van der Waals surface area contributed by atoms with E-state index in [4.69, 9.17) is 11.5 Å². The van der Waals surface area contributed by atoms with E-state index in [1.165, 1.54) is 0 Å². The maximum absolute atomic E-state index is 5.60. The first-order valence-electron chi connectivity index (χ1n) is 3.96. The molecule has 0 aliphatic carbocycles. The Labute approximate surface area is 72.9 Å². The summed E-state index contributed by atoms with van der Waals surface area (Å²) >= 11 is 0. The SMILES string of the molecule is C=Cc1cccc(CN)c1CN. The van der Waals surface area contributed by atoms with Crippen molar-refractivity contribution >= 4 is 6.08 Å². The van der Waals surface area contributed by atoms with Gasteiger partial charge in [0, 0.05) is 13.1 Å². The molecule has 0 amide bonds. The van der Waals surface area contributed by atoms with Crippen LogP contribution in [0.1, 0.15) is 16.7 Å². The lowest BCUT2D eigenvalue weighted by Crippen LogP contribution is -2.07. The van der Waals surface area contributed by atoms with E-state index >= 15 is 0 Å². The average molecular weight is 162 g/mol. The highest BCUT2D eigenvalue weighted by atomic mass is 14.6. The van der Waals surface area contributed by atoms with Crippen molar-refractivity contribution in [1.82, 2.24) is 0 Å². The predicted octanol–water partition coefficient (Wildman–Crippen LogP) is 1.25. The van der Waals surface area contributed by atoms with Gasteiger partial charge in [-0.3, -0.25) is 0 Å². The lowest BCUT2D eigenvalue weighted by atomic mass is 10.0. The molecule has 0 unspecified atom stereocenters. The van der Waals surface area contributed by atoms with E-state index in [1.54, 1.807) is 6.08 Å². The first-order chi connectivity index (χ1) is 5.83. The summed E-state index contributed by atoms with van der Waals surface area (Å²) in [6.07, 6.45) is 1.81. The fourth-order valence-corrected chi connectivity index (χ4v) is 1.29. The van der Waals surface area contributed by atoms with Gasteiger partial charge in [0.15, 0.2) is 0 Å². The van der Waals surface area contributed by atoms with Crippen molar-refractivity contribution in [3.8, 4) is 0 Å². The normalized spacial score (nSPS) is 9.83. The highest BCUT2D eigenvalue weighted by Gasteiger charge is 2.01. The molecule has 0 fully saturated rings. The molecule has 1 rings (SSSR count). The highest BCUT2D eigenvalue weighted by Crippen LogP contribution is 2.14. The molecule has 2 nitrogen and oxygen atoms in total. The number of hydrogen-bond donors (Lipinski definition) is 2. The molecule has 1 aromatic carbocycles. The van der Waals surface area contributed by atoms with E-state index in [-0.39, 0.29) is 0 Å². The summed E-state index contributed by atoms with van der Waals surface area (Å²) in [4.78, 5) is 0. The fourth-order valence-electron chi connectivity index (χ4n) is 1.29. The fraction of sp³-hybridized carbons (Fsp3) is 0.200. The lowest BCUT2D eigenvalue weighted by Gasteiger charge is -2.08. The van der Waals surface area contributed by atoms with Crippen molar-refractivity contribution in [3.05, 3.63) is 41.5 Å². The molecule has 0 heterocycles. The summed E-state index contributed by atoms with van der Waals surface area (Å²) in [6, 6.07) is 5.96. The third-order valence-electron chi connectivity index (χ3n) is 1.95. The van der Waals surface area contributed by atoms with Gasteiger partial charge in [0.25, 0.3) is 0 Å². The zero-order valence-electron chi connectivity index (χ0n) is 7.09. The molecule has 0 aliphatic rings. The van der Waals surface area contributed by atoms with Gasteiger partial charge in [0.2, 0.25) is 0 Å². The molecule has 0 bridgehead atoms. The number of nitrogens with two attached hydrogens (primary N) is 2. The van der Waals surface area contributed by atoms with E-state index in [1.807, 2.05) is 18.2 Å². The van der Waals surface area contributed by atoms with Gasteiger partial charge in [-0.2, -0.15) is 0 Å². The Balaban J connectivity index is 3.21. The quantitative estimate of drug-likeness (QED) is 0.702. The van der Waals surface area contributed by atoms with Crippen LogP contribution in [0.5, 0.6) is 0 Å². The molecule has 0 aromatic heterocycles. The third kappa shape index (κ3) is 1.55. The molecule has 1 aromatic rings. The molecule has 0 saturated heterocycles. The molecule has 64 valence electrons. The summed E-state index contributed by atoms with van der Waals surface area (Å²) in [6.45, 7) is 4.78. The molecular formula is C10H14N2. The van der Waals surface area contributed by atoms with Crippen molar-refractivity contribution in [2.45, 2.75) is 13.1 Å². The second-order valence-corrected chi connectivity index (χ2v) is 2.60. The molecule has 0 radical (unpaired) electrons. The Kier molecular flexibility index (Phi) is 3.02. The molecule has 0 spiro atoms. The van der Waals surface area contributed by atoms with Gasteiger partial charge < -0.3 is 11.5 Å². The maximum Gasteiger partial charge on any atom is 0.0187 e. The summed E-state index contributed by atoms with van der Waals surface area (Å²) in [7, 11) is 0. The third-order valence-corrected chi connectivity index (χ3v) is 1.95.